The molecule has 0 unspecified atom stereocenters. The molecule has 286 valence electrons. The van der Waals surface area contributed by atoms with Gasteiger partial charge in [0.15, 0.2) is 0 Å². The Morgan fingerprint density at radius 1 is 0.632 bits per heavy atom. The van der Waals surface area contributed by atoms with Gasteiger partial charge in [0.2, 0.25) is 11.8 Å². The number of amidine groups is 1. The van der Waals surface area contributed by atoms with Gasteiger partial charge in [0.1, 0.15) is 21.7 Å². The number of nitrogens with zero attached hydrogens (tertiary/aromatic N) is 3. The van der Waals surface area contributed by atoms with E-state index in [1.165, 1.54) is 0 Å². The minimum atomic E-state index is -0.633. The summed E-state index contributed by atoms with van der Waals surface area (Å²) in [5.41, 5.74) is 7.03. The van der Waals surface area contributed by atoms with Crippen LogP contribution < -0.4 is 10.6 Å². The van der Waals surface area contributed by atoms with Crippen molar-refractivity contribution >= 4 is 83.8 Å². The summed E-state index contributed by atoms with van der Waals surface area (Å²) in [6, 6.07) is 36.4. The van der Waals surface area contributed by atoms with Crippen LogP contribution in [0.3, 0.4) is 0 Å². The molecule has 8 nitrogen and oxygen atoms in total. The summed E-state index contributed by atoms with van der Waals surface area (Å²) in [6.45, 7) is 11.8. The van der Waals surface area contributed by atoms with Gasteiger partial charge < -0.3 is 15.6 Å². The fraction of sp³-hybridized carbons (Fsp3) is 0.213. The molecule has 3 aromatic heterocycles. The van der Waals surface area contributed by atoms with E-state index in [-0.39, 0.29) is 11.8 Å². The molecule has 10 heteroatoms. The molecule has 1 aliphatic heterocycles. The van der Waals surface area contributed by atoms with E-state index >= 15 is 0 Å². The Kier molecular flexibility index (Phi) is 10.1. The molecule has 0 atom stereocenters. The smallest absolute Gasteiger partial charge is 0.231 e. The second-order valence-corrected chi connectivity index (χ2v) is 17.6. The van der Waals surface area contributed by atoms with Crippen LogP contribution in [-0.2, 0) is 9.59 Å². The van der Waals surface area contributed by atoms with Crippen LogP contribution in [-0.4, -0.2) is 32.6 Å². The number of fused-ring (bicyclic) bond motifs is 2. The molecule has 0 radical (unpaired) electrons. The van der Waals surface area contributed by atoms with Gasteiger partial charge in [-0.2, -0.15) is 0 Å². The Bertz CT molecular complexity index is 2680. The molecule has 0 saturated carbocycles. The lowest BCUT2D eigenvalue weighted by Crippen LogP contribution is -2.40. The molecule has 8 rings (SSSR count). The highest BCUT2D eigenvalue weighted by molar-refractivity contribution is 7.21. The second-order valence-electron chi connectivity index (χ2n) is 15.5. The molecule has 3 N–H and O–H groups in total. The first-order valence-electron chi connectivity index (χ1n) is 19.2. The second kappa shape index (κ2) is 15.2. The normalized spacial score (nSPS) is 14.1. The molecule has 1 aliphatic rings. The van der Waals surface area contributed by atoms with Crippen molar-refractivity contribution in [1.82, 2.24) is 20.3 Å². The Morgan fingerprint density at radius 2 is 1.14 bits per heavy atom. The number of carbonyl (C=O) groups is 2. The number of hydrogen-bond acceptors (Lipinski definition) is 7. The van der Waals surface area contributed by atoms with Crippen LogP contribution in [0.15, 0.2) is 120 Å². The average Bonchev–Trinajstić information content (AvgIpc) is 4.01. The van der Waals surface area contributed by atoms with Crippen molar-refractivity contribution in [3.63, 3.8) is 0 Å². The summed E-state index contributed by atoms with van der Waals surface area (Å²) in [7, 11) is 0. The predicted molar refractivity (Wildman–Crippen MR) is 238 cm³/mol. The van der Waals surface area contributed by atoms with Crippen LogP contribution in [0.1, 0.15) is 70.6 Å². The zero-order valence-electron chi connectivity index (χ0n) is 32.9. The van der Waals surface area contributed by atoms with Crippen LogP contribution in [0.25, 0.3) is 59.4 Å². The number of anilines is 1. The number of aliphatic imine (C=N–C) groups is 1. The highest BCUT2D eigenvalue weighted by Gasteiger charge is 2.35. The van der Waals surface area contributed by atoms with Crippen molar-refractivity contribution in [2.45, 2.75) is 54.4 Å². The maximum atomic E-state index is 13.9. The predicted octanol–water partition coefficient (Wildman–Crippen LogP) is 11.9. The number of carbonyl (C=O) groups excluding carboxylic acids is 2. The molecule has 57 heavy (non-hydrogen) atoms. The first kappa shape index (κ1) is 37.9. The summed E-state index contributed by atoms with van der Waals surface area (Å²) in [5.74, 6) is 0.784. The minimum Gasteiger partial charge on any atom is -0.341 e. The van der Waals surface area contributed by atoms with Crippen molar-refractivity contribution < 1.29 is 9.59 Å². The number of nitrogens with one attached hydrogen (secondary N) is 3. The molecule has 4 aromatic carbocycles. The summed E-state index contributed by atoms with van der Waals surface area (Å²) in [5, 5.41) is 8.05. The third-order valence-corrected chi connectivity index (χ3v) is 13.0. The van der Waals surface area contributed by atoms with Crippen molar-refractivity contribution in [2.24, 2.45) is 15.8 Å². The van der Waals surface area contributed by atoms with Crippen molar-refractivity contribution in [3.8, 4) is 21.7 Å². The van der Waals surface area contributed by atoms with Crippen molar-refractivity contribution in [2.75, 3.05) is 5.32 Å². The van der Waals surface area contributed by atoms with Gasteiger partial charge in [-0.1, -0.05) is 126 Å². The van der Waals surface area contributed by atoms with Gasteiger partial charge in [0.25, 0.3) is 0 Å². The third kappa shape index (κ3) is 7.27. The molecule has 0 fully saturated rings. The van der Waals surface area contributed by atoms with Crippen LogP contribution in [0.5, 0.6) is 0 Å². The topological polar surface area (TPSA) is 112 Å². The fourth-order valence-corrected chi connectivity index (χ4v) is 8.64. The van der Waals surface area contributed by atoms with E-state index < -0.39 is 10.8 Å². The number of amides is 2. The minimum absolute atomic E-state index is 0.0992. The summed E-state index contributed by atoms with van der Waals surface area (Å²) in [6.07, 6.45) is 3.34. The molecular weight excluding hydrogens is 745 g/mol. The van der Waals surface area contributed by atoms with Crippen LogP contribution in [0.4, 0.5) is 5.82 Å². The summed E-state index contributed by atoms with van der Waals surface area (Å²) in [4.78, 5) is 47.0. The number of allylic oxidation sites excluding steroid dienone is 1. The van der Waals surface area contributed by atoms with E-state index in [0.717, 1.165) is 69.5 Å². The maximum Gasteiger partial charge on any atom is 0.231 e. The van der Waals surface area contributed by atoms with Gasteiger partial charge in [0, 0.05) is 22.0 Å². The zero-order chi connectivity index (χ0) is 39.9. The van der Waals surface area contributed by atoms with Gasteiger partial charge in [0.05, 0.1) is 43.0 Å². The quantitative estimate of drug-likeness (QED) is 0.128. The number of hydrogen-bond donors (Lipinski definition) is 3. The molecule has 0 aliphatic carbocycles. The summed E-state index contributed by atoms with van der Waals surface area (Å²) < 4.78 is 2.08. The Morgan fingerprint density at radius 3 is 1.72 bits per heavy atom. The van der Waals surface area contributed by atoms with E-state index in [1.807, 2.05) is 120 Å². The SMILES string of the molecule is CCC(C)(C)C(=O)NC1=NC(=Cc2[nH]c(NC(=O)C(C)(C)CC)c(-c3nc4ccccc4s3)c2-c2ccccc2)C(c2ccccc2)=C1c1nc2ccccc2s1. The molecule has 7 aromatic rings. The highest BCUT2D eigenvalue weighted by Crippen LogP contribution is 2.47. The van der Waals surface area contributed by atoms with E-state index in [0.29, 0.717) is 30.2 Å². The van der Waals surface area contributed by atoms with Crippen LogP contribution >= 0.6 is 22.7 Å². The number of H-pyrrole nitrogens is 1. The number of thiazole rings is 2. The van der Waals surface area contributed by atoms with Crippen LogP contribution in [0.2, 0.25) is 0 Å². The maximum absolute atomic E-state index is 13.9. The zero-order valence-corrected chi connectivity index (χ0v) is 34.5. The van der Waals surface area contributed by atoms with Crippen molar-refractivity contribution in [1.29, 1.82) is 0 Å². The van der Waals surface area contributed by atoms with E-state index in [2.05, 4.69) is 52.0 Å². The Hall–Kier alpha value is -5.97. The third-order valence-electron chi connectivity index (χ3n) is 10.9. The largest absolute Gasteiger partial charge is 0.341 e. The fourth-order valence-electron chi connectivity index (χ4n) is 6.59. The van der Waals surface area contributed by atoms with Gasteiger partial charge in [-0.25, -0.2) is 15.0 Å². The van der Waals surface area contributed by atoms with Gasteiger partial charge in [-0.3, -0.25) is 9.59 Å². The number of benzene rings is 4. The number of aromatic amines is 1. The number of para-hydroxylation sites is 2. The monoisotopic (exact) mass is 788 g/mol. The van der Waals surface area contributed by atoms with Gasteiger partial charge in [-0.05, 0) is 54.3 Å². The van der Waals surface area contributed by atoms with Crippen LogP contribution in [0, 0.1) is 10.8 Å². The first-order valence-corrected chi connectivity index (χ1v) is 20.9. The lowest BCUT2D eigenvalue weighted by molar-refractivity contribution is -0.128. The highest BCUT2D eigenvalue weighted by atomic mass is 32.1. The van der Waals surface area contributed by atoms with E-state index in [4.69, 9.17) is 15.0 Å². The molecule has 0 saturated heterocycles. The number of rotatable bonds is 10. The van der Waals surface area contributed by atoms with Gasteiger partial charge in [-0.15, -0.1) is 22.7 Å². The Balaban J connectivity index is 1.42. The van der Waals surface area contributed by atoms with Gasteiger partial charge >= 0.3 is 0 Å². The molecule has 0 bridgehead atoms. The standard InChI is InChI=1S/C47H44N6O2S2/c1-7-46(3,4)44(54)52-40-38(42-50-30-23-15-17-25-34(30)56-42)36(28-19-11-9-12-20-28)32(48-40)27-33-37(29-21-13-10-14-22-29)39(41(49-33)53-45(55)47(5,6)8-2)43-51-31-24-16-18-26-35(31)57-43/h9-27,48H,7-8H2,1-6H3,(H,52,54)(H,49,53,55). The van der Waals surface area contributed by atoms with E-state index in [1.54, 1.807) is 22.7 Å². The lowest BCUT2D eigenvalue weighted by atomic mass is 9.89. The molecular formula is C47H44N6O2S2. The average molecular weight is 789 g/mol. The summed E-state index contributed by atoms with van der Waals surface area (Å²) >= 11 is 3.16. The molecule has 0 spiro atoms. The molecule has 2 amide bonds. The lowest BCUT2D eigenvalue weighted by Gasteiger charge is -2.21. The number of aromatic nitrogens is 3. The van der Waals surface area contributed by atoms with Crippen molar-refractivity contribution in [3.05, 3.63) is 131 Å². The first-order chi connectivity index (χ1) is 27.5. The van der Waals surface area contributed by atoms with E-state index in [9.17, 15) is 9.59 Å². The Labute approximate surface area is 340 Å². The molecule has 4 heterocycles.